The fourth-order valence-electron chi connectivity index (χ4n) is 14.4. The molecule has 556 valence electrons. The van der Waals surface area contributed by atoms with Gasteiger partial charge >= 0.3 is 11.9 Å². The van der Waals surface area contributed by atoms with Crippen LogP contribution in [0.2, 0.25) is 0 Å². The van der Waals surface area contributed by atoms with Crippen LogP contribution in [0.1, 0.15) is 142 Å². The van der Waals surface area contributed by atoms with Crippen LogP contribution in [-0.2, 0) is 71.7 Å². The highest BCUT2D eigenvalue weighted by Crippen LogP contribution is 2.51. The van der Waals surface area contributed by atoms with E-state index >= 15 is 0 Å². The minimum absolute atomic E-state index is 0.00832. The number of rotatable bonds is 28. The Hall–Kier alpha value is -6.69. The van der Waals surface area contributed by atoms with Crippen LogP contribution in [0, 0.1) is 0 Å². The van der Waals surface area contributed by atoms with Gasteiger partial charge in [0.25, 0.3) is 0 Å². The van der Waals surface area contributed by atoms with Gasteiger partial charge in [-0.25, -0.2) is 33.7 Å². The number of benzene rings is 4. The van der Waals surface area contributed by atoms with Gasteiger partial charge in [0.05, 0.1) is 64.1 Å². The van der Waals surface area contributed by atoms with Gasteiger partial charge in [-0.2, -0.15) is 21.8 Å². The lowest BCUT2D eigenvalue weighted by Crippen LogP contribution is -2.28. The second kappa shape index (κ2) is 33.8. The number of halogens is 1. The van der Waals surface area contributed by atoms with E-state index in [-0.39, 0.29) is 60.2 Å². The van der Waals surface area contributed by atoms with E-state index < -0.39 is 75.4 Å². The van der Waals surface area contributed by atoms with Crippen molar-refractivity contribution >= 4 is 123 Å². The average Bonchev–Trinajstić information content (AvgIpc) is 1.62. The van der Waals surface area contributed by atoms with Crippen molar-refractivity contribution in [2.45, 2.75) is 141 Å². The summed E-state index contributed by atoms with van der Waals surface area (Å²) in [6.07, 6.45) is 20.5. The van der Waals surface area contributed by atoms with Crippen LogP contribution in [0.15, 0.2) is 189 Å². The second-order valence-corrected chi connectivity index (χ2v) is 36.1. The van der Waals surface area contributed by atoms with Gasteiger partial charge < -0.3 is 38.2 Å². The quantitative estimate of drug-likeness (QED) is 0.0270. The normalized spacial score (nSPS) is 19.7. The van der Waals surface area contributed by atoms with Crippen molar-refractivity contribution in [3.05, 3.63) is 212 Å². The van der Waals surface area contributed by atoms with Crippen molar-refractivity contribution in [1.82, 2.24) is 0 Å². The minimum atomic E-state index is -4.35. The summed E-state index contributed by atoms with van der Waals surface area (Å²) >= 11 is 12.2. The van der Waals surface area contributed by atoms with Crippen LogP contribution >= 0.6 is 36.0 Å². The Balaban J connectivity index is 0.000000243. The molecule has 2 N–H and O–H groups in total. The van der Waals surface area contributed by atoms with E-state index in [0.29, 0.717) is 42.7 Å². The lowest BCUT2D eigenvalue weighted by atomic mass is 9.81. The minimum Gasteiger partial charge on any atom is -0.748 e. The number of fused-ring (bicyclic) bond motifs is 4. The summed E-state index contributed by atoms with van der Waals surface area (Å²) in [4.78, 5) is 26.2. The Morgan fingerprint density at radius 1 is 0.495 bits per heavy atom. The van der Waals surface area contributed by atoms with Gasteiger partial charge in [-0.1, -0.05) is 136 Å². The molecule has 4 aliphatic heterocycles. The number of thiol groups is 1. The van der Waals surface area contributed by atoms with Gasteiger partial charge in [-0.15, -0.1) is 11.8 Å². The third-order valence-electron chi connectivity index (χ3n) is 19.4. The number of allylic oxidation sites excluding steroid dienone is 15. The summed E-state index contributed by atoms with van der Waals surface area (Å²) in [7, 11) is -17.3. The number of aliphatic carboxylic acids is 2. The lowest BCUT2D eigenvalue weighted by molar-refractivity contribution is -0.437. The Kier molecular flexibility index (Phi) is 26.9. The second-order valence-electron chi connectivity index (χ2n) is 28.1. The molecule has 0 fully saturated rings. The Bertz CT molecular complexity index is 4730. The van der Waals surface area contributed by atoms with Crippen molar-refractivity contribution in [3.8, 4) is 0 Å². The van der Waals surface area contributed by atoms with Crippen LogP contribution in [-0.4, -0.2) is 155 Å². The van der Waals surface area contributed by atoms with Crippen molar-refractivity contribution in [3.63, 3.8) is 0 Å². The van der Waals surface area contributed by atoms with Crippen molar-refractivity contribution in [2.24, 2.45) is 0 Å². The maximum absolute atomic E-state index is 11.5. The molecule has 103 heavy (non-hydrogen) atoms. The molecule has 0 aromatic heterocycles. The fraction of sp³-hybridized carbons (Fsp3) is 0.421. The van der Waals surface area contributed by atoms with E-state index in [1.165, 1.54) is 11.8 Å². The van der Waals surface area contributed by atoms with E-state index in [9.17, 15) is 66.6 Å². The van der Waals surface area contributed by atoms with Crippen molar-refractivity contribution in [2.75, 3.05) is 70.5 Å². The summed E-state index contributed by atoms with van der Waals surface area (Å²) in [5.74, 6) is -2.56. The van der Waals surface area contributed by atoms with Crippen LogP contribution in [0.25, 0.3) is 0 Å². The molecule has 4 aromatic rings. The van der Waals surface area contributed by atoms with E-state index in [1.807, 2.05) is 84.9 Å². The first kappa shape index (κ1) is 82.0. The SMILES string of the molecule is CC1(C)C(/C=C/C2=C(Cl)C(=C/C=C3/N(CCCS(=O)(=O)[O-])c4ccccc4C3(C)C)/CC2)=[N+](CCCS(=O)(=O)[O-])c2ccccc21.CC1(C)C(/C=C/C2=C(SCCC(=O)O)C(=C/C=C3/N(CCCS(=O)(=O)[O-])c4ccccc4C3(C)C)/CC2)=[N+](CCCS(=O)(=O)[O-])c2ccccc21.O=C(O)CCS. The summed E-state index contributed by atoms with van der Waals surface area (Å²) < 4.78 is 140. The van der Waals surface area contributed by atoms with Gasteiger partial charge in [-0.05, 0) is 124 Å². The Morgan fingerprint density at radius 3 is 1.27 bits per heavy atom. The maximum atomic E-state index is 11.5. The smallest absolute Gasteiger partial charge is 0.304 e. The van der Waals surface area contributed by atoms with Gasteiger partial charge in [0.2, 0.25) is 11.4 Å². The highest BCUT2D eigenvalue weighted by molar-refractivity contribution is 8.03. The number of anilines is 2. The van der Waals surface area contributed by atoms with Crippen LogP contribution in [0.5, 0.6) is 0 Å². The van der Waals surface area contributed by atoms with E-state index in [2.05, 4.69) is 148 Å². The van der Waals surface area contributed by atoms with E-state index in [4.69, 9.17) is 16.7 Å². The predicted molar refractivity (Wildman–Crippen MR) is 409 cm³/mol. The first-order chi connectivity index (χ1) is 48.2. The molecule has 4 heterocycles. The first-order valence-corrected chi connectivity index (χ1v) is 42.4. The van der Waals surface area contributed by atoms with Crippen LogP contribution in [0.3, 0.4) is 0 Å². The molecule has 6 aliphatic rings. The number of hydrogen-bond donors (Lipinski definition) is 3. The molecule has 0 bridgehead atoms. The molecule has 0 saturated carbocycles. The maximum Gasteiger partial charge on any atom is 0.304 e. The van der Waals surface area contributed by atoms with Crippen LogP contribution in [0.4, 0.5) is 22.7 Å². The Labute approximate surface area is 622 Å². The number of carbonyl (C=O) groups is 2. The molecular weight excluding hydrogens is 1450 g/mol. The van der Waals surface area contributed by atoms with Crippen LogP contribution < -0.4 is 9.80 Å². The van der Waals surface area contributed by atoms with Crippen molar-refractivity contribution < 1.29 is 80.8 Å². The molecular formula is C76H91ClN4O16S6-2. The summed E-state index contributed by atoms with van der Waals surface area (Å²) in [6, 6.07) is 32.1. The van der Waals surface area contributed by atoms with Gasteiger partial charge in [0, 0.05) is 139 Å². The highest BCUT2D eigenvalue weighted by Gasteiger charge is 2.46. The molecule has 10 rings (SSSR count). The molecule has 0 spiro atoms. The number of carboxylic acids is 2. The molecule has 2 aliphatic carbocycles. The third-order valence-corrected chi connectivity index (χ3v) is 24.5. The number of hydrogen-bond acceptors (Lipinski definition) is 18. The molecule has 20 nitrogen and oxygen atoms in total. The number of nitrogens with zero attached hydrogens (tertiary/aromatic N) is 4. The first-order valence-electron chi connectivity index (χ1n) is 34.1. The topological polar surface area (TPSA) is 316 Å². The Morgan fingerprint density at radius 2 is 0.864 bits per heavy atom. The third kappa shape index (κ3) is 20.7. The standard InChI is InChI=1S/C38H46N2O8S3.C35H41ClN2O6S2.C3H6O2S/c1-37(2)29-11-5-7-13-31(29)39(22-9-25-50(43,44)45)33(37)19-17-27-15-16-28(36(27)49-24-21-35(41)42)18-20-34-38(3,4)30-12-6-8-14-32(30)40(34)23-10-26-51(46,47)48;1-34(2)27-11-5-7-13-29(27)37(21-9-23-45(39,40)41)31(34)19-17-25-15-16-26(33(25)36)18-20-32-35(3,4)28-12-6-8-14-30(28)38(32)22-10-24-46(42,43)44;4-3(5)1-2-6/h5-8,11-14,17-20H,9-10,15-16,21-26H2,1-4H3,(H2-,41,42,43,44,45,46,47,48);5-8,11-14,17-20H,9-10,15-16,21-24H2,1-4H3,(H-,39,40,41,42,43,44);6H,1-2H2,(H,4,5)/p-2. The monoisotopic (exact) mass is 1540 g/mol. The molecule has 4 aromatic carbocycles. The number of carboxylic acid groups (broad SMARTS) is 2. The molecule has 0 atom stereocenters. The van der Waals surface area contributed by atoms with E-state index in [1.54, 1.807) is 0 Å². The zero-order valence-corrected chi connectivity index (χ0v) is 65.0. The summed E-state index contributed by atoms with van der Waals surface area (Å²) in [6.45, 7) is 18.6. The van der Waals surface area contributed by atoms with Gasteiger partial charge in [0.1, 0.15) is 13.1 Å². The van der Waals surface area contributed by atoms with Gasteiger partial charge in [-0.3, -0.25) is 9.59 Å². The zero-order chi connectivity index (χ0) is 75.7. The largest absolute Gasteiger partial charge is 0.748 e. The van der Waals surface area contributed by atoms with E-state index in [0.717, 1.165) is 121 Å². The molecule has 27 heteroatoms. The molecule has 0 saturated heterocycles. The molecule has 0 unspecified atom stereocenters. The highest BCUT2D eigenvalue weighted by atomic mass is 35.5. The number of para-hydroxylation sites is 4. The average molecular weight is 1540 g/mol. The summed E-state index contributed by atoms with van der Waals surface area (Å²) in [5, 5.41) is 18.0. The van der Waals surface area contributed by atoms with Crippen molar-refractivity contribution in [1.29, 1.82) is 0 Å². The van der Waals surface area contributed by atoms with Gasteiger partial charge in [0.15, 0.2) is 11.4 Å². The zero-order valence-electron chi connectivity index (χ0n) is 59.3. The lowest BCUT2D eigenvalue weighted by Gasteiger charge is -2.27. The predicted octanol–water partition coefficient (Wildman–Crippen LogP) is 13.1. The fourth-order valence-corrected chi connectivity index (χ4v) is 18.0. The molecule has 0 amide bonds. The molecule has 0 radical (unpaired) electrons. The summed E-state index contributed by atoms with van der Waals surface area (Å²) in [5.41, 5.74) is 15.1. The number of thioether (sulfide) groups is 1.